The Balaban J connectivity index is 1.62. The second-order valence-electron chi connectivity index (χ2n) is 5.94. The van der Waals surface area contributed by atoms with Crippen molar-refractivity contribution in [3.63, 3.8) is 0 Å². The molecule has 0 fully saturated rings. The largest absolute Gasteiger partial charge is 0.340 e. The fourth-order valence-corrected chi connectivity index (χ4v) is 3.04. The van der Waals surface area contributed by atoms with Gasteiger partial charge < -0.3 is 5.32 Å². The lowest BCUT2D eigenvalue weighted by atomic mass is 10.2. The summed E-state index contributed by atoms with van der Waals surface area (Å²) in [5, 5.41) is 14.1. The van der Waals surface area contributed by atoms with E-state index in [0.29, 0.717) is 10.1 Å². The number of benzene rings is 2. The van der Waals surface area contributed by atoms with Gasteiger partial charge in [0.05, 0.1) is 5.56 Å². The summed E-state index contributed by atoms with van der Waals surface area (Å²) >= 11 is 1.23. The first kappa shape index (κ1) is 18.7. The topological polar surface area (TPSA) is 84.0 Å². The molecular formula is C19H17FN4O2S. The molecule has 0 saturated carbocycles. The number of rotatable bonds is 5. The Morgan fingerprint density at radius 1 is 1.07 bits per heavy atom. The van der Waals surface area contributed by atoms with Crippen molar-refractivity contribution in [3.05, 3.63) is 65.5 Å². The van der Waals surface area contributed by atoms with E-state index >= 15 is 0 Å². The molecule has 1 atom stereocenters. The van der Waals surface area contributed by atoms with E-state index in [1.54, 1.807) is 6.07 Å². The molecule has 138 valence electrons. The highest BCUT2D eigenvalue weighted by molar-refractivity contribution is 7.18. The lowest BCUT2D eigenvalue weighted by Gasteiger charge is -2.13. The van der Waals surface area contributed by atoms with E-state index in [1.165, 1.54) is 36.5 Å². The van der Waals surface area contributed by atoms with Crippen LogP contribution in [0.1, 0.15) is 22.8 Å². The molecule has 27 heavy (non-hydrogen) atoms. The molecule has 0 aliphatic rings. The molecule has 0 unspecified atom stereocenters. The smallest absolute Gasteiger partial charge is 0.254 e. The minimum absolute atomic E-state index is 0.116. The molecule has 6 nitrogen and oxygen atoms in total. The number of hydrogen-bond acceptors (Lipinski definition) is 5. The summed E-state index contributed by atoms with van der Waals surface area (Å²) in [6, 6.07) is 12.5. The maximum atomic E-state index is 13.6. The Bertz CT molecular complexity index is 972. The van der Waals surface area contributed by atoms with E-state index in [2.05, 4.69) is 20.8 Å². The molecule has 2 N–H and O–H groups in total. The molecule has 0 aliphatic heterocycles. The van der Waals surface area contributed by atoms with E-state index < -0.39 is 23.7 Å². The summed E-state index contributed by atoms with van der Waals surface area (Å²) in [5.74, 6) is -1.77. The van der Waals surface area contributed by atoms with Crippen LogP contribution in [0.2, 0.25) is 0 Å². The first-order chi connectivity index (χ1) is 12.9. The number of anilines is 1. The number of halogens is 1. The SMILES string of the molecule is Cc1ccc(-c2nnc(NC(=O)[C@@H](C)NC(=O)c3ccccc3F)s2)cc1. The van der Waals surface area contributed by atoms with Crippen molar-refractivity contribution in [1.82, 2.24) is 15.5 Å². The summed E-state index contributed by atoms with van der Waals surface area (Å²) in [6.45, 7) is 3.50. The van der Waals surface area contributed by atoms with Crippen molar-refractivity contribution in [2.24, 2.45) is 0 Å². The summed E-state index contributed by atoms with van der Waals surface area (Å²) in [5.41, 5.74) is 1.92. The number of aryl methyl sites for hydroxylation is 1. The molecule has 0 bridgehead atoms. The highest BCUT2D eigenvalue weighted by atomic mass is 32.1. The molecule has 3 aromatic rings. The van der Waals surface area contributed by atoms with Crippen molar-refractivity contribution in [3.8, 4) is 10.6 Å². The minimum Gasteiger partial charge on any atom is -0.340 e. The van der Waals surface area contributed by atoms with Gasteiger partial charge in [-0.3, -0.25) is 14.9 Å². The third-order valence-corrected chi connectivity index (χ3v) is 4.70. The van der Waals surface area contributed by atoms with Crippen LogP contribution in [-0.4, -0.2) is 28.1 Å². The predicted molar refractivity (Wildman–Crippen MR) is 102 cm³/mol. The molecule has 0 aliphatic carbocycles. The highest BCUT2D eigenvalue weighted by Crippen LogP contribution is 2.26. The third-order valence-electron chi connectivity index (χ3n) is 3.81. The van der Waals surface area contributed by atoms with Gasteiger partial charge in [-0.25, -0.2) is 4.39 Å². The summed E-state index contributed by atoms with van der Waals surface area (Å²) in [6.07, 6.45) is 0. The van der Waals surface area contributed by atoms with Crippen molar-refractivity contribution in [2.75, 3.05) is 5.32 Å². The van der Waals surface area contributed by atoms with Crippen molar-refractivity contribution in [1.29, 1.82) is 0 Å². The lowest BCUT2D eigenvalue weighted by Crippen LogP contribution is -2.41. The van der Waals surface area contributed by atoms with Crippen LogP contribution in [0.15, 0.2) is 48.5 Å². The van der Waals surface area contributed by atoms with Crippen LogP contribution in [-0.2, 0) is 4.79 Å². The molecule has 1 heterocycles. The van der Waals surface area contributed by atoms with Crippen LogP contribution in [0.25, 0.3) is 10.6 Å². The molecule has 2 aromatic carbocycles. The number of amides is 2. The van der Waals surface area contributed by atoms with Crippen molar-refractivity contribution >= 4 is 28.3 Å². The fourth-order valence-electron chi connectivity index (χ4n) is 2.29. The number of carbonyl (C=O) groups is 2. The molecule has 8 heteroatoms. The maximum Gasteiger partial charge on any atom is 0.254 e. The van der Waals surface area contributed by atoms with E-state index in [1.807, 2.05) is 31.2 Å². The number of nitrogens with zero attached hydrogens (tertiary/aromatic N) is 2. The van der Waals surface area contributed by atoms with Gasteiger partial charge in [0.2, 0.25) is 11.0 Å². The van der Waals surface area contributed by atoms with Crippen LogP contribution in [0.5, 0.6) is 0 Å². The normalized spacial score (nSPS) is 11.7. The number of aromatic nitrogens is 2. The minimum atomic E-state index is -0.871. The standard InChI is InChI=1S/C19H17FN4O2S/c1-11-7-9-13(10-8-11)18-23-24-19(27-18)22-16(25)12(2)21-17(26)14-5-3-4-6-15(14)20/h3-10,12H,1-2H3,(H,21,26)(H,22,24,25)/t12-/m1/s1. The van der Waals surface area contributed by atoms with Gasteiger partial charge >= 0.3 is 0 Å². The van der Waals surface area contributed by atoms with Crippen LogP contribution in [0.4, 0.5) is 9.52 Å². The average molecular weight is 384 g/mol. The second kappa shape index (κ2) is 8.05. The van der Waals surface area contributed by atoms with Crippen molar-refractivity contribution in [2.45, 2.75) is 19.9 Å². The number of hydrogen-bond donors (Lipinski definition) is 2. The predicted octanol–water partition coefficient (Wildman–Crippen LogP) is 3.41. The summed E-state index contributed by atoms with van der Waals surface area (Å²) in [7, 11) is 0. The van der Waals surface area contributed by atoms with E-state index in [9.17, 15) is 14.0 Å². The van der Waals surface area contributed by atoms with Crippen LogP contribution >= 0.6 is 11.3 Å². The zero-order valence-electron chi connectivity index (χ0n) is 14.7. The van der Waals surface area contributed by atoms with Crippen LogP contribution in [0.3, 0.4) is 0 Å². The Kier molecular flexibility index (Phi) is 5.56. The molecule has 0 spiro atoms. The van der Waals surface area contributed by atoms with E-state index in [4.69, 9.17) is 0 Å². The Labute approximate surface area is 159 Å². The van der Waals surface area contributed by atoms with Gasteiger partial charge in [0, 0.05) is 5.56 Å². The molecule has 3 rings (SSSR count). The zero-order valence-corrected chi connectivity index (χ0v) is 15.5. The van der Waals surface area contributed by atoms with Gasteiger partial charge in [0.25, 0.3) is 5.91 Å². The highest BCUT2D eigenvalue weighted by Gasteiger charge is 2.20. The fraction of sp³-hybridized carbons (Fsp3) is 0.158. The van der Waals surface area contributed by atoms with Gasteiger partial charge in [-0.1, -0.05) is 53.3 Å². The zero-order chi connectivity index (χ0) is 19.4. The Hall–Kier alpha value is -3.13. The third kappa shape index (κ3) is 4.53. The van der Waals surface area contributed by atoms with E-state index in [0.717, 1.165) is 11.1 Å². The second-order valence-corrected chi connectivity index (χ2v) is 6.92. The van der Waals surface area contributed by atoms with Crippen LogP contribution in [0, 0.1) is 12.7 Å². The van der Waals surface area contributed by atoms with Crippen molar-refractivity contribution < 1.29 is 14.0 Å². The van der Waals surface area contributed by atoms with E-state index in [-0.39, 0.29) is 5.56 Å². The maximum absolute atomic E-state index is 13.6. The van der Waals surface area contributed by atoms with Gasteiger partial charge in [-0.05, 0) is 26.0 Å². The van der Waals surface area contributed by atoms with Gasteiger partial charge in [0.1, 0.15) is 16.9 Å². The molecular weight excluding hydrogens is 367 g/mol. The number of nitrogens with one attached hydrogen (secondary N) is 2. The molecule has 1 aromatic heterocycles. The first-order valence-electron chi connectivity index (χ1n) is 8.21. The number of carbonyl (C=O) groups excluding carboxylic acids is 2. The quantitative estimate of drug-likeness (QED) is 0.706. The Morgan fingerprint density at radius 2 is 1.78 bits per heavy atom. The molecule has 0 saturated heterocycles. The Morgan fingerprint density at radius 3 is 2.48 bits per heavy atom. The monoisotopic (exact) mass is 384 g/mol. The molecule has 2 amide bonds. The van der Waals surface area contributed by atoms with Gasteiger partial charge in [-0.2, -0.15) is 0 Å². The lowest BCUT2D eigenvalue weighted by molar-refractivity contribution is -0.117. The summed E-state index contributed by atoms with van der Waals surface area (Å²) in [4.78, 5) is 24.4. The van der Waals surface area contributed by atoms with Gasteiger partial charge in [-0.15, -0.1) is 10.2 Å². The van der Waals surface area contributed by atoms with Crippen LogP contribution < -0.4 is 10.6 Å². The summed E-state index contributed by atoms with van der Waals surface area (Å²) < 4.78 is 13.6. The van der Waals surface area contributed by atoms with Gasteiger partial charge in [0.15, 0.2) is 0 Å². The molecule has 0 radical (unpaired) electrons. The first-order valence-corrected chi connectivity index (χ1v) is 9.02. The average Bonchev–Trinajstić information content (AvgIpc) is 3.11.